The molecule has 1 amide bonds. The summed E-state index contributed by atoms with van der Waals surface area (Å²) in [5, 5.41) is 20.4. The Kier molecular flexibility index (Phi) is 8.10. The van der Waals surface area contributed by atoms with Gasteiger partial charge in [-0.3, -0.25) is 9.69 Å². The maximum atomic E-state index is 13.1. The Morgan fingerprint density at radius 3 is 2.72 bits per heavy atom. The summed E-state index contributed by atoms with van der Waals surface area (Å²) >= 11 is 5.94. The first-order valence-corrected chi connectivity index (χ1v) is 12.6. The molecule has 0 aliphatic carbocycles. The number of nitrogens with two attached hydrogens (primary N) is 1. The SMILES string of the molecule is CN1CCN(Cc2c(C(=O)NN=Cc3cccc(OCc4ccc(Cl)cc4)c3)nnn2-c2nonc2N)CC1. The van der Waals surface area contributed by atoms with Gasteiger partial charge in [0.15, 0.2) is 5.69 Å². The van der Waals surface area contributed by atoms with E-state index in [0.717, 1.165) is 37.3 Å². The van der Waals surface area contributed by atoms with Crippen molar-refractivity contribution in [2.75, 3.05) is 39.0 Å². The van der Waals surface area contributed by atoms with E-state index >= 15 is 0 Å². The van der Waals surface area contributed by atoms with Crippen LogP contribution < -0.4 is 15.9 Å². The van der Waals surface area contributed by atoms with Crippen LogP contribution in [0.2, 0.25) is 5.02 Å². The van der Waals surface area contributed by atoms with Crippen LogP contribution in [-0.2, 0) is 13.2 Å². The van der Waals surface area contributed by atoms with E-state index in [9.17, 15) is 4.79 Å². The summed E-state index contributed by atoms with van der Waals surface area (Å²) in [5.74, 6) is 0.357. The van der Waals surface area contributed by atoms with Crippen molar-refractivity contribution >= 4 is 29.5 Å². The molecule has 5 rings (SSSR count). The molecule has 1 saturated heterocycles. The lowest BCUT2D eigenvalue weighted by Gasteiger charge is -2.32. The summed E-state index contributed by atoms with van der Waals surface area (Å²) in [7, 11) is 2.07. The van der Waals surface area contributed by atoms with Gasteiger partial charge in [-0.1, -0.05) is 41.1 Å². The van der Waals surface area contributed by atoms with Gasteiger partial charge < -0.3 is 15.4 Å². The summed E-state index contributed by atoms with van der Waals surface area (Å²) in [4.78, 5) is 17.5. The number of rotatable bonds is 9. The molecule has 1 fully saturated rings. The van der Waals surface area contributed by atoms with E-state index < -0.39 is 5.91 Å². The molecular formula is C25H27ClN10O3. The first kappa shape index (κ1) is 26.3. The van der Waals surface area contributed by atoms with Gasteiger partial charge in [-0.05, 0) is 52.8 Å². The van der Waals surface area contributed by atoms with Crippen LogP contribution in [0, 0.1) is 0 Å². The Hall–Kier alpha value is -4.33. The zero-order valence-electron chi connectivity index (χ0n) is 21.2. The molecule has 3 heterocycles. The van der Waals surface area contributed by atoms with E-state index in [1.165, 1.54) is 10.9 Å². The quantitative estimate of drug-likeness (QED) is 0.233. The Labute approximate surface area is 229 Å². The number of likely N-dealkylation sites (N-methyl/N-ethyl adjacent to an activating group) is 1. The molecule has 1 aliphatic rings. The van der Waals surface area contributed by atoms with E-state index in [2.05, 4.69) is 48.0 Å². The second kappa shape index (κ2) is 12.0. The van der Waals surface area contributed by atoms with Crippen LogP contribution in [0.5, 0.6) is 5.75 Å². The highest BCUT2D eigenvalue weighted by Gasteiger charge is 2.26. The van der Waals surface area contributed by atoms with E-state index in [1.54, 1.807) is 0 Å². The maximum Gasteiger partial charge on any atom is 0.293 e. The number of hydrazone groups is 1. The third-order valence-electron chi connectivity index (χ3n) is 6.20. The Morgan fingerprint density at radius 2 is 1.97 bits per heavy atom. The second-order valence-electron chi connectivity index (χ2n) is 9.04. The molecule has 13 nitrogen and oxygen atoms in total. The number of carbonyl (C=O) groups excluding carboxylic acids is 1. The van der Waals surface area contributed by atoms with Gasteiger partial charge >= 0.3 is 0 Å². The standard InChI is InChI=1S/C25H27ClN10O3/c1-34-9-11-35(12-10-34)15-21-22(29-33-36(21)24-23(27)31-39-32-24)25(37)30-28-14-18-3-2-4-20(13-18)38-16-17-5-7-19(26)8-6-17/h2-8,13-14H,9-12,15-16H2,1H3,(H2,27,31)(H,30,37). The number of nitrogen functional groups attached to an aromatic ring is 1. The predicted molar refractivity (Wildman–Crippen MR) is 144 cm³/mol. The summed E-state index contributed by atoms with van der Waals surface area (Å²) in [6, 6.07) is 14.8. The zero-order valence-corrected chi connectivity index (χ0v) is 22.0. The minimum atomic E-state index is -0.521. The molecule has 4 aromatic rings. The van der Waals surface area contributed by atoms with Crippen molar-refractivity contribution in [3.05, 3.63) is 76.1 Å². The molecule has 14 heteroatoms. The highest BCUT2D eigenvalue weighted by atomic mass is 35.5. The van der Waals surface area contributed by atoms with E-state index in [1.807, 2.05) is 48.5 Å². The van der Waals surface area contributed by atoms with Gasteiger partial charge in [0.1, 0.15) is 12.4 Å². The Balaban J connectivity index is 1.27. The van der Waals surface area contributed by atoms with Gasteiger partial charge in [0.25, 0.3) is 5.91 Å². The third-order valence-corrected chi connectivity index (χ3v) is 6.45. The van der Waals surface area contributed by atoms with Crippen LogP contribution in [-0.4, -0.2) is 80.5 Å². The fourth-order valence-corrected chi connectivity index (χ4v) is 4.12. The van der Waals surface area contributed by atoms with Gasteiger partial charge in [-0.25, -0.2) is 10.1 Å². The van der Waals surface area contributed by atoms with Crippen LogP contribution in [0.3, 0.4) is 0 Å². The normalized spacial score (nSPS) is 14.6. The number of nitrogens with one attached hydrogen (secondary N) is 1. The monoisotopic (exact) mass is 550 g/mol. The van der Waals surface area contributed by atoms with Crippen molar-refractivity contribution in [3.8, 4) is 11.6 Å². The van der Waals surface area contributed by atoms with Gasteiger partial charge in [-0.15, -0.1) is 5.10 Å². The minimum Gasteiger partial charge on any atom is -0.489 e. The van der Waals surface area contributed by atoms with E-state index in [4.69, 9.17) is 26.7 Å². The molecule has 0 unspecified atom stereocenters. The number of hydrogen-bond acceptors (Lipinski definition) is 11. The average Bonchev–Trinajstić information content (AvgIpc) is 3.55. The number of nitrogens with zero attached hydrogens (tertiary/aromatic N) is 8. The molecule has 39 heavy (non-hydrogen) atoms. The van der Waals surface area contributed by atoms with E-state index in [-0.39, 0.29) is 17.3 Å². The van der Waals surface area contributed by atoms with Crippen molar-refractivity contribution in [3.63, 3.8) is 0 Å². The first-order chi connectivity index (χ1) is 19.0. The predicted octanol–water partition coefficient (Wildman–Crippen LogP) is 1.98. The fourth-order valence-electron chi connectivity index (χ4n) is 4.00. The van der Waals surface area contributed by atoms with Crippen LogP contribution in [0.15, 0.2) is 58.3 Å². The number of piperazine rings is 1. The minimum absolute atomic E-state index is 0.0441. The maximum absolute atomic E-state index is 13.1. The van der Waals surface area contributed by atoms with Crippen LogP contribution in [0.4, 0.5) is 5.82 Å². The van der Waals surface area contributed by atoms with Crippen molar-refractivity contribution in [2.24, 2.45) is 5.10 Å². The first-order valence-electron chi connectivity index (χ1n) is 12.2. The number of amides is 1. The van der Waals surface area contributed by atoms with Crippen LogP contribution in [0.1, 0.15) is 27.3 Å². The molecule has 0 radical (unpaired) electrons. The highest BCUT2D eigenvalue weighted by molar-refractivity contribution is 6.30. The molecule has 3 N–H and O–H groups in total. The average molecular weight is 551 g/mol. The molecule has 0 atom stereocenters. The van der Waals surface area contributed by atoms with Gasteiger partial charge in [0.2, 0.25) is 11.6 Å². The summed E-state index contributed by atoms with van der Waals surface area (Å²) < 4.78 is 12.0. The lowest BCUT2D eigenvalue weighted by Crippen LogP contribution is -2.44. The fraction of sp³-hybridized carbons (Fsp3) is 0.280. The molecule has 1 aliphatic heterocycles. The lowest BCUT2D eigenvalue weighted by atomic mass is 10.2. The largest absolute Gasteiger partial charge is 0.489 e. The highest BCUT2D eigenvalue weighted by Crippen LogP contribution is 2.19. The second-order valence-corrected chi connectivity index (χ2v) is 9.47. The number of hydrogen-bond donors (Lipinski definition) is 2. The Bertz CT molecular complexity index is 1440. The molecule has 0 spiro atoms. The van der Waals surface area contributed by atoms with Crippen molar-refractivity contribution in [2.45, 2.75) is 13.2 Å². The van der Waals surface area contributed by atoms with Crippen molar-refractivity contribution in [1.82, 2.24) is 40.5 Å². The van der Waals surface area contributed by atoms with Gasteiger partial charge in [0, 0.05) is 37.7 Å². The zero-order chi connectivity index (χ0) is 27.2. The summed E-state index contributed by atoms with van der Waals surface area (Å²) in [5.41, 5.74) is 10.8. The number of anilines is 1. The molecular weight excluding hydrogens is 524 g/mol. The van der Waals surface area contributed by atoms with Gasteiger partial charge in [0.05, 0.1) is 11.9 Å². The number of ether oxygens (including phenoxy) is 1. The van der Waals surface area contributed by atoms with Crippen molar-refractivity contribution in [1.29, 1.82) is 0 Å². The number of aromatic nitrogens is 5. The number of carbonyl (C=O) groups is 1. The Morgan fingerprint density at radius 1 is 1.18 bits per heavy atom. The molecule has 0 bridgehead atoms. The van der Waals surface area contributed by atoms with Crippen LogP contribution >= 0.6 is 11.6 Å². The molecule has 0 saturated carbocycles. The summed E-state index contributed by atoms with van der Waals surface area (Å²) in [6.07, 6.45) is 1.52. The van der Waals surface area contributed by atoms with E-state index in [0.29, 0.717) is 29.6 Å². The van der Waals surface area contributed by atoms with Crippen LogP contribution in [0.25, 0.3) is 5.82 Å². The molecule has 2 aromatic carbocycles. The number of halogens is 1. The number of benzene rings is 2. The van der Waals surface area contributed by atoms with Gasteiger partial charge in [-0.2, -0.15) is 9.78 Å². The lowest BCUT2D eigenvalue weighted by molar-refractivity contribution is 0.0946. The third kappa shape index (κ3) is 6.57. The topological polar surface area (TPSA) is 153 Å². The smallest absolute Gasteiger partial charge is 0.293 e. The van der Waals surface area contributed by atoms with Crippen molar-refractivity contribution < 1.29 is 14.2 Å². The summed E-state index contributed by atoms with van der Waals surface area (Å²) in [6.45, 7) is 4.26. The molecule has 202 valence electrons. The molecule has 2 aromatic heterocycles.